The van der Waals surface area contributed by atoms with Crippen molar-refractivity contribution in [3.05, 3.63) is 51.6 Å². The highest BCUT2D eigenvalue weighted by molar-refractivity contribution is 7.20. The first-order valence-corrected chi connectivity index (χ1v) is 9.40. The molecule has 24 heavy (non-hydrogen) atoms. The van der Waals surface area contributed by atoms with Crippen LogP contribution in [0.25, 0.3) is 16.2 Å². The molecule has 122 valence electrons. The van der Waals surface area contributed by atoms with Gasteiger partial charge >= 0.3 is 0 Å². The summed E-state index contributed by atoms with van der Waals surface area (Å²) in [4.78, 5) is 11.1. The summed E-state index contributed by atoms with van der Waals surface area (Å²) in [6.45, 7) is 4.14. The molecule has 0 amide bonds. The number of imidazole rings is 1. The van der Waals surface area contributed by atoms with E-state index in [4.69, 9.17) is 11.6 Å². The molecular formula is C16H14ClN5S2. The molecule has 0 saturated carbocycles. The van der Waals surface area contributed by atoms with E-state index in [0.29, 0.717) is 0 Å². The number of aryl methyl sites for hydroxylation is 1. The van der Waals surface area contributed by atoms with Gasteiger partial charge in [0.2, 0.25) is 10.1 Å². The van der Waals surface area contributed by atoms with Gasteiger partial charge in [-0.25, -0.2) is 14.5 Å². The highest BCUT2D eigenvalue weighted by Gasteiger charge is 2.14. The van der Waals surface area contributed by atoms with Crippen LogP contribution in [0.4, 0.5) is 5.13 Å². The second-order valence-corrected chi connectivity index (χ2v) is 8.10. The molecule has 4 rings (SSSR count). The van der Waals surface area contributed by atoms with E-state index in [2.05, 4.69) is 34.2 Å². The number of aromatic nitrogens is 4. The molecule has 0 fully saturated rings. The van der Waals surface area contributed by atoms with Crippen molar-refractivity contribution in [2.24, 2.45) is 0 Å². The maximum Gasteiger partial charge on any atom is 0.214 e. The minimum absolute atomic E-state index is 0.121. The summed E-state index contributed by atoms with van der Waals surface area (Å²) in [7, 11) is 0. The average Bonchev–Trinajstić information content (AvgIpc) is 3.22. The Balaban J connectivity index is 1.56. The lowest BCUT2D eigenvalue weighted by Gasteiger charge is -2.08. The van der Waals surface area contributed by atoms with Gasteiger partial charge in [-0.2, -0.15) is 0 Å². The van der Waals surface area contributed by atoms with E-state index >= 15 is 0 Å². The lowest BCUT2D eigenvalue weighted by Crippen LogP contribution is -2.06. The molecule has 0 radical (unpaired) electrons. The van der Waals surface area contributed by atoms with Crippen molar-refractivity contribution in [1.29, 1.82) is 0 Å². The molecule has 0 aliphatic rings. The number of benzene rings is 1. The van der Waals surface area contributed by atoms with Gasteiger partial charge in [0, 0.05) is 21.7 Å². The number of nitrogens with zero attached hydrogens (tertiary/aromatic N) is 4. The van der Waals surface area contributed by atoms with Gasteiger partial charge in [-0.1, -0.05) is 35.1 Å². The first kappa shape index (κ1) is 15.6. The van der Waals surface area contributed by atoms with Gasteiger partial charge in [-0.15, -0.1) is 16.4 Å². The summed E-state index contributed by atoms with van der Waals surface area (Å²) in [6.07, 6.45) is 3.82. The fourth-order valence-corrected chi connectivity index (χ4v) is 4.11. The monoisotopic (exact) mass is 375 g/mol. The van der Waals surface area contributed by atoms with E-state index in [-0.39, 0.29) is 6.04 Å². The molecule has 3 aromatic heterocycles. The van der Waals surface area contributed by atoms with E-state index in [9.17, 15) is 0 Å². The third kappa shape index (κ3) is 3.02. The molecule has 8 heteroatoms. The van der Waals surface area contributed by atoms with E-state index in [0.717, 1.165) is 31.4 Å². The highest BCUT2D eigenvalue weighted by atomic mass is 35.5. The van der Waals surface area contributed by atoms with E-state index < -0.39 is 0 Å². The number of rotatable bonds is 4. The Kier molecular flexibility index (Phi) is 3.99. The number of hydrogen-bond donors (Lipinski definition) is 1. The summed E-state index contributed by atoms with van der Waals surface area (Å²) in [5, 5.41) is 10.6. The summed E-state index contributed by atoms with van der Waals surface area (Å²) >= 11 is 9.15. The zero-order chi connectivity index (χ0) is 16.7. The molecule has 1 unspecified atom stereocenters. The zero-order valence-corrected chi connectivity index (χ0v) is 15.4. The maximum absolute atomic E-state index is 5.93. The van der Waals surface area contributed by atoms with Crippen LogP contribution in [0.1, 0.15) is 22.9 Å². The molecule has 0 aliphatic heterocycles. The van der Waals surface area contributed by atoms with Gasteiger partial charge in [0.25, 0.3) is 0 Å². The zero-order valence-electron chi connectivity index (χ0n) is 13.0. The normalized spacial score (nSPS) is 12.6. The van der Waals surface area contributed by atoms with Crippen molar-refractivity contribution in [1.82, 2.24) is 19.6 Å². The second-order valence-electron chi connectivity index (χ2n) is 5.44. The minimum atomic E-state index is 0.121. The number of hydrogen-bond acceptors (Lipinski definition) is 6. The lowest BCUT2D eigenvalue weighted by atomic mass is 10.2. The van der Waals surface area contributed by atoms with Crippen LogP contribution in [0.15, 0.2) is 36.7 Å². The predicted octanol–water partition coefficient (Wildman–Crippen LogP) is 5.05. The number of halogens is 1. The maximum atomic E-state index is 5.93. The molecule has 0 aliphatic carbocycles. The molecular weight excluding hydrogens is 362 g/mol. The molecule has 0 saturated heterocycles. The topological polar surface area (TPSA) is 55.1 Å². The van der Waals surface area contributed by atoms with Gasteiger partial charge < -0.3 is 5.32 Å². The fourth-order valence-electron chi connectivity index (χ4n) is 2.34. The quantitative estimate of drug-likeness (QED) is 0.542. The van der Waals surface area contributed by atoms with Gasteiger partial charge in [0.1, 0.15) is 5.01 Å². The highest BCUT2D eigenvalue weighted by Crippen LogP contribution is 2.28. The van der Waals surface area contributed by atoms with Crippen LogP contribution in [-0.2, 0) is 0 Å². The number of thiazole rings is 1. The Morgan fingerprint density at radius 3 is 2.67 bits per heavy atom. The molecule has 0 bridgehead atoms. The van der Waals surface area contributed by atoms with Crippen LogP contribution >= 0.6 is 34.3 Å². The largest absolute Gasteiger partial charge is 0.351 e. The van der Waals surface area contributed by atoms with Crippen LogP contribution in [-0.4, -0.2) is 19.6 Å². The Bertz CT molecular complexity index is 954. The Labute approximate surface area is 152 Å². The summed E-state index contributed by atoms with van der Waals surface area (Å²) < 4.78 is 1.80. The van der Waals surface area contributed by atoms with E-state index in [1.54, 1.807) is 15.9 Å². The van der Waals surface area contributed by atoms with Crippen molar-refractivity contribution in [3.8, 4) is 11.3 Å². The first-order chi connectivity index (χ1) is 11.6. The Hall–Kier alpha value is -1.96. The van der Waals surface area contributed by atoms with E-state index in [1.807, 2.05) is 36.7 Å². The van der Waals surface area contributed by atoms with E-state index in [1.165, 1.54) is 16.2 Å². The molecule has 1 N–H and O–H groups in total. The second kappa shape index (κ2) is 6.16. The number of fused-ring (bicyclic) bond motifs is 1. The van der Waals surface area contributed by atoms with Crippen molar-refractivity contribution in [3.63, 3.8) is 0 Å². The summed E-state index contributed by atoms with van der Waals surface area (Å²) in [5.74, 6) is 0. The Morgan fingerprint density at radius 2 is 2.00 bits per heavy atom. The lowest BCUT2D eigenvalue weighted by molar-refractivity contribution is 0.852. The SMILES string of the molecule is Cc1cnc(C(C)Nc2nn3cc(-c4ccc(Cl)cc4)nc3s2)s1. The summed E-state index contributed by atoms with van der Waals surface area (Å²) in [5.41, 5.74) is 1.92. The van der Waals surface area contributed by atoms with Crippen molar-refractivity contribution < 1.29 is 0 Å². The smallest absolute Gasteiger partial charge is 0.214 e. The molecule has 1 atom stereocenters. The van der Waals surface area contributed by atoms with Crippen LogP contribution in [0.2, 0.25) is 5.02 Å². The number of nitrogens with one attached hydrogen (secondary N) is 1. The van der Waals surface area contributed by atoms with Gasteiger partial charge in [-0.05, 0) is 26.0 Å². The standard InChI is InChI=1S/C16H14ClN5S2/c1-9-7-18-14(23-9)10(2)19-15-21-22-8-13(20-16(22)24-15)11-3-5-12(17)6-4-11/h3-8,10H,1-2H3,(H,19,21). The molecule has 0 spiro atoms. The van der Waals surface area contributed by atoms with Gasteiger partial charge in [-0.3, -0.25) is 0 Å². The third-order valence-electron chi connectivity index (χ3n) is 3.53. The van der Waals surface area contributed by atoms with Crippen LogP contribution in [0.3, 0.4) is 0 Å². The molecule has 4 aromatic rings. The van der Waals surface area contributed by atoms with Crippen molar-refractivity contribution >= 4 is 44.4 Å². The Morgan fingerprint density at radius 1 is 1.21 bits per heavy atom. The molecule has 1 aromatic carbocycles. The van der Waals surface area contributed by atoms with Crippen molar-refractivity contribution in [2.45, 2.75) is 19.9 Å². The molecule has 5 nitrogen and oxygen atoms in total. The van der Waals surface area contributed by atoms with Crippen LogP contribution in [0, 0.1) is 6.92 Å². The van der Waals surface area contributed by atoms with Gasteiger partial charge in [0.05, 0.1) is 17.9 Å². The summed E-state index contributed by atoms with van der Waals surface area (Å²) in [6, 6.07) is 7.77. The number of anilines is 1. The first-order valence-electron chi connectivity index (χ1n) is 7.39. The predicted molar refractivity (Wildman–Crippen MR) is 100 cm³/mol. The van der Waals surface area contributed by atoms with Crippen LogP contribution < -0.4 is 5.32 Å². The minimum Gasteiger partial charge on any atom is -0.351 e. The van der Waals surface area contributed by atoms with Gasteiger partial charge in [0.15, 0.2) is 0 Å². The molecule has 3 heterocycles. The fraction of sp³-hybridized carbons (Fsp3) is 0.188. The third-order valence-corrected chi connectivity index (χ3v) is 5.73. The average molecular weight is 376 g/mol. The van der Waals surface area contributed by atoms with Crippen LogP contribution in [0.5, 0.6) is 0 Å². The van der Waals surface area contributed by atoms with Crippen molar-refractivity contribution in [2.75, 3.05) is 5.32 Å².